The van der Waals surface area contributed by atoms with Gasteiger partial charge < -0.3 is 10.1 Å². The van der Waals surface area contributed by atoms with Crippen LogP contribution in [0.15, 0.2) is 12.1 Å². The van der Waals surface area contributed by atoms with Gasteiger partial charge in [-0.15, -0.1) is 0 Å². The molecule has 0 aliphatic rings. The molecule has 0 unspecified atom stereocenters. The molecule has 1 aromatic carbocycles. The largest absolute Gasteiger partial charge is 0.491 e. The van der Waals surface area contributed by atoms with E-state index in [1.54, 1.807) is 0 Å². The lowest BCUT2D eigenvalue weighted by Crippen LogP contribution is -2.09. The highest BCUT2D eigenvalue weighted by Crippen LogP contribution is 2.25. The molecule has 0 spiro atoms. The highest BCUT2D eigenvalue weighted by molar-refractivity contribution is 7.80. The van der Waals surface area contributed by atoms with Crippen LogP contribution in [-0.4, -0.2) is 12.1 Å². The monoisotopic (exact) mass is 245 g/mol. The van der Waals surface area contributed by atoms with E-state index >= 15 is 0 Å². The Morgan fingerprint density at radius 1 is 1.38 bits per heavy atom. The van der Waals surface area contributed by atoms with Crippen LogP contribution in [0, 0.1) is 11.6 Å². The molecule has 0 radical (unpaired) electrons. The van der Waals surface area contributed by atoms with Gasteiger partial charge in [-0.1, -0.05) is 19.1 Å². The van der Waals surface area contributed by atoms with E-state index in [0.717, 1.165) is 18.6 Å². The maximum absolute atomic E-state index is 13.3. The van der Waals surface area contributed by atoms with Crippen LogP contribution in [0.4, 0.5) is 14.5 Å². The smallest absolute Gasteiger partial charge is 0.190 e. The molecule has 1 N–H and O–H groups in total. The third kappa shape index (κ3) is 3.13. The van der Waals surface area contributed by atoms with Crippen LogP contribution in [0.1, 0.15) is 19.8 Å². The zero-order valence-corrected chi connectivity index (χ0v) is 9.96. The van der Waals surface area contributed by atoms with Gasteiger partial charge in [-0.05, 0) is 12.8 Å². The van der Waals surface area contributed by atoms with Crippen molar-refractivity contribution in [2.24, 2.45) is 0 Å². The minimum absolute atomic E-state index is 0.300. The minimum atomic E-state index is -0.746. The molecule has 0 saturated heterocycles. The fraction of sp³-hybridized carbons (Fsp3) is 0.364. The summed E-state index contributed by atoms with van der Waals surface area (Å²) in [5, 5.41) is 2.77. The highest BCUT2D eigenvalue weighted by atomic mass is 32.1. The molecular formula is C11H13F2NOS. The van der Waals surface area contributed by atoms with Crippen LogP contribution in [0.5, 0.6) is 5.75 Å². The highest BCUT2D eigenvalue weighted by Gasteiger charge is 2.11. The second-order valence-electron chi connectivity index (χ2n) is 3.27. The number of hydrogen-bond donors (Lipinski definition) is 1. The van der Waals surface area contributed by atoms with Crippen LogP contribution in [0.2, 0.25) is 0 Å². The second kappa shape index (κ2) is 5.75. The quantitative estimate of drug-likeness (QED) is 0.820. The van der Waals surface area contributed by atoms with E-state index in [-0.39, 0.29) is 5.75 Å². The van der Waals surface area contributed by atoms with E-state index in [1.807, 2.05) is 6.92 Å². The van der Waals surface area contributed by atoms with Crippen molar-refractivity contribution in [1.82, 2.24) is 0 Å². The predicted octanol–water partition coefficient (Wildman–Crippen LogP) is 3.51. The van der Waals surface area contributed by atoms with Gasteiger partial charge in [-0.25, -0.2) is 8.78 Å². The van der Waals surface area contributed by atoms with Gasteiger partial charge in [0, 0.05) is 17.8 Å². The number of nitrogens with one attached hydrogen (secondary N) is 1. The Bertz CT molecular complexity index is 373. The lowest BCUT2D eigenvalue weighted by Gasteiger charge is -2.09. The third-order valence-corrected chi connectivity index (χ3v) is 2.27. The first-order valence-electron chi connectivity index (χ1n) is 4.91. The number of rotatable bonds is 4. The zero-order chi connectivity index (χ0) is 12.1. The topological polar surface area (TPSA) is 21.3 Å². The summed E-state index contributed by atoms with van der Waals surface area (Å²) in [7, 11) is 1.22. The van der Waals surface area contributed by atoms with Gasteiger partial charge in [-0.3, -0.25) is 0 Å². The number of thiocarbonyl (C=S) groups is 1. The molecule has 5 heteroatoms. The average Bonchev–Trinajstić information content (AvgIpc) is 2.17. The van der Waals surface area contributed by atoms with Crippen LogP contribution < -0.4 is 10.1 Å². The summed E-state index contributed by atoms with van der Waals surface area (Å²) in [5.41, 5.74) is 0.300. The molecule has 2 nitrogen and oxygen atoms in total. The second-order valence-corrected chi connectivity index (χ2v) is 3.76. The van der Waals surface area contributed by atoms with Gasteiger partial charge in [0.15, 0.2) is 17.4 Å². The number of hydrogen-bond acceptors (Lipinski definition) is 2. The van der Waals surface area contributed by atoms with Crippen LogP contribution in [0.3, 0.4) is 0 Å². The number of methoxy groups -OCH3 is 1. The number of benzene rings is 1. The molecular weight excluding hydrogens is 232 g/mol. The van der Waals surface area contributed by atoms with Gasteiger partial charge in [0.05, 0.1) is 12.1 Å². The number of anilines is 1. The van der Waals surface area contributed by atoms with E-state index in [4.69, 9.17) is 12.2 Å². The predicted molar refractivity (Wildman–Crippen MR) is 64.0 cm³/mol. The molecule has 0 fully saturated rings. The first-order chi connectivity index (χ1) is 7.58. The first kappa shape index (κ1) is 12.8. The van der Waals surface area contributed by atoms with Crippen LogP contribution in [0.25, 0.3) is 0 Å². The summed E-state index contributed by atoms with van der Waals surface area (Å²) < 4.78 is 31.2. The van der Waals surface area contributed by atoms with Gasteiger partial charge in [0.1, 0.15) is 0 Å². The van der Waals surface area contributed by atoms with E-state index in [2.05, 4.69) is 10.1 Å². The average molecular weight is 245 g/mol. The van der Waals surface area contributed by atoms with E-state index < -0.39 is 11.6 Å². The van der Waals surface area contributed by atoms with Crippen LogP contribution >= 0.6 is 12.2 Å². The molecule has 16 heavy (non-hydrogen) atoms. The molecule has 0 saturated carbocycles. The molecule has 1 rings (SSSR count). The molecule has 0 aromatic heterocycles. The van der Waals surface area contributed by atoms with Crippen molar-refractivity contribution < 1.29 is 13.5 Å². The third-order valence-electron chi connectivity index (χ3n) is 1.96. The number of ether oxygens (including phenoxy) is 1. The summed E-state index contributed by atoms with van der Waals surface area (Å²) in [4.78, 5) is 0.562. The Labute approximate surface area is 98.6 Å². The van der Waals surface area contributed by atoms with Crippen molar-refractivity contribution in [1.29, 1.82) is 0 Å². The standard InChI is InChI=1S/C11H13F2NOS/c1-3-4-10(16)14-7-5-8(12)11(15-2)9(13)6-7/h5-6H,3-4H2,1-2H3,(H,14,16). The Morgan fingerprint density at radius 2 is 1.94 bits per heavy atom. The van der Waals surface area contributed by atoms with Crippen molar-refractivity contribution in [3.05, 3.63) is 23.8 Å². The van der Waals surface area contributed by atoms with Gasteiger partial charge in [0.2, 0.25) is 0 Å². The lowest BCUT2D eigenvalue weighted by atomic mass is 10.2. The molecule has 0 aliphatic carbocycles. The summed E-state index contributed by atoms with van der Waals surface area (Å²) in [5.74, 6) is -1.87. The summed E-state index contributed by atoms with van der Waals surface area (Å²) in [6, 6.07) is 2.31. The van der Waals surface area contributed by atoms with Gasteiger partial charge >= 0.3 is 0 Å². The van der Waals surface area contributed by atoms with Crippen molar-refractivity contribution >= 4 is 22.9 Å². The molecule has 0 aliphatic heterocycles. The fourth-order valence-corrected chi connectivity index (χ4v) is 1.60. The van der Waals surface area contributed by atoms with E-state index in [0.29, 0.717) is 17.1 Å². The van der Waals surface area contributed by atoms with Crippen LogP contribution in [-0.2, 0) is 0 Å². The maximum Gasteiger partial charge on any atom is 0.190 e. The van der Waals surface area contributed by atoms with Crippen molar-refractivity contribution in [3.8, 4) is 5.75 Å². The fourth-order valence-electron chi connectivity index (χ4n) is 1.28. The van der Waals surface area contributed by atoms with Gasteiger partial charge in [-0.2, -0.15) is 0 Å². The van der Waals surface area contributed by atoms with Crippen molar-refractivity contribution in [2.45, 2.75) is 19.8 Å². The Kier molecular flexibility index (Phi) is 4.61. The Balaban J connectivity index is 2.87. The molecule has 0 bridgehead atoms. The normalized spacial score (nSPS) is 10.0. The van der Waals surface area contributed by atoms with E-state index in [9.17, 15) is 8.78 Å². The molecule has 1 aromatic rings. The molecule has 0 heterocycles. The first-order valence-corrected chi connectivity index (χ1v) is 5.32. The summed E-state index contributed by atoms with van der Waals surface area (Å²) in [6.45, 7) is 1.98. The summed E-state index contributed by atoms with van der Waals surface area (Å²) in [6.07, 6.45) is 1.57. The van der Waals surface area contributed by atoms with Crippen molar-refractivity contribution in [3.63, 3.8) is 0 Å². The molecule has 0 amide bonds. The van der Waals surface area contributed by atoms with Crippen molar-refractivity contribution in [2.75, 3.05) is 12.4 Å². The Hall–Kier alpha value is -1.23. The lowest BCUT2D eigenvalue weighted by molar-refractivity contribution is 0.360. The minimum Gasteiger partial charge on any atom is -0.491 e. The van der Waals surface area contributed by atoms with Gasteiger partial charge in [0.25, 0.3) is 0 Å². The Morgan fingerprint density at radius 3 is 2.38 bits per heavy atom. The summed E-state index contributed by atoms with van der Waals surface area (Å²) >= 11 is 5.00. The van der Waals surface area contributed by atoms with E-state index in [1.165, 1.54) is 7.11 Å². The molecule has 88 valence electrons. The maximum atomic E-state index is 13.3. The SMILES string of the molecule is CCCC(=S)Nc1cc(F)c(OC)c(F)c1. The number of halogens is 2. The zero-order valence-electron chi connectivity index (χ0n) is 9.14. The molecule has 0 atom stereocenters.